The average Bonchev–Trinajstić information content (AvgIpc) is 2.30. The first-order chi connectivity index (χ1) is 8.52. The normalized spacial score (nSPS) is 13.3. The van der Waals surface area contributed by atoms with Crippen LogP contribution >= 0.6 is 0 Å². The highest BCUT2D eigenvalue weighted by Crippen LogP contribution is 2.14. The van der Waals surface area contributed by atoms with E-state index in [4.69, 9.17) is 5.73 Å². The van der Waals surface area contributed by atoms with Crippen molar-refractivity contribution in [1.82, 2.24) is 4.90 Å². The van der Waals surface area contributed by atoms with Crippen molar-refractivity contribution in [2.45, 2.75) is 33.7 Å². The van der Waals surface area contributed by atoms with Crippen molar-refractivity contribution >= 4 is 0 Å². The van der Waals surface area contributed by atoms with E-state index in [1.165, 1.54) is 17.5 Å². The molecule has 0 aromatic heterocycles. The highest BCUT2D eigenvalue weighted by Gasteiger charge is 2.12. The summed E-state index contributed by atoms with van der Waals surface area (Å²) in [5, 5.41) is 0. The fraction of sp³-hybridized carbons (Fsp3) is 0.625. The second-order valence-electron chi connectivity index (χ2n) is 5.85. The van der Waals surface area contributed by atoms with Crippen LogP contribution in [0.5, 0.6) is 0 Å². The maximum atomic E-state index is 5.87. The summed E-state index contributed by atoms with van der Waals surface area (Å²) >= 11 is 0. The Labute approximate surface area is 112 Å². The summed E-state index contributed by atoms with van der Waals surface area (Å²) in [7, 11) is 2.19. The zero-order valence-corrected chi connectivity index (χ0v) is 12.3. The van der Waals surface area contributed by atoms with Gasteiger partial charge in [-0.3, -0.25) is 0 Å². The minimum Gasteiger partial charge on any atom is -0.330 e. The molecule has 0 aliphatic heterocycles. The van der Waals surface area contributed by atoms with Gasteiger partial charge in [0.2, 0.25) is 0 Å². The van der Waals surface area contributed by atoms with Gasteiger partial charge in [-0.1, -0.05) is 38.1 Å². The summed E-state index contributed by atoms with van der Waals surface area (Å²) in [5.41, 5.74) is 8.66. The van der Waals surface area contributed by atoms with Crippen LogP contribution in [0, 0.1) is 18.8 Å². The van der Waals surface area contributed by atoms with Crippen LogP contribution in [0.2, 0.25) is 0 Å². The van der Waals surface area contributed by atoms with E-state index in [0.29, 0.717) is 5.92 Å². The molecule has 2 N–H and O–H groups in total. The summed E-state index contributed by atoms with van der Waals surface area (Å²) in [6, 6.07) is 8.61. The second kappa shape index (κ2) is 7.55. The van der Waals surface area contributed by atoms with E-state index >= 15 is 0 Å². The molecule has 1 unspecified atom stereocenters. The predicted octanol–water partition coefficient (Wildman–Crippen LogP) is 3.05. The van der Waals surface area contributed by atoms with Gasteiger partial charge in [-0.05, 0) is 49.9 Å². The van der Waals surface area contributed by atoms with Gasteiger partial charge in [0.05, 0.1) is 0 Å². The molecule has 1 rings (SSSR count). The van der Waals surface area contributed by atoms with E-state index in [2.05, 4.69) is 57.0 Å². The maximum absolute atomic E-state index is 5.87. The van der Waals surface area contributed by atoms with Crippen LogP contribution in [0.3, 0.4) is 0 Å². The first-order valence-corrected chi connectivity index (χ1v) is 6.96. The molecule has 1 atom stereocenters. The third-order valence-electron chi connectivity index (χ3n) is 3.41. The van der Waals surface area contributed by atoms with E-state index in [1.54, 1.807) is 0 Å². The van der Waals surface area contributed by atoms with Crippen LogP contribution in [0.15, 0.2) is 24.3 Å². The Morgan fingerprint density at radius 1 is 1.22 bits per heavy atom. The number of benzene rings is 1. The first kappa shape index (κ1) is 15.2. The second-order valence-corrected chi connectivity index (χ2v) is 5.85. The van der Waals surface area contributed by atoms with Crippen molar-refractivity contribution in [1.29, 1.82) is 0 Å². The molecule has 0 bridgehead atoms. The van der Waals surface area contributed by atoms with Crippen LogP contribution in [-0.2, 0) is 6.54 Å². The lowest BCUT2D eigenvalue weighted by Gasteiger charge is -2.25. The molecule has 0 radical (unpaired) electrons. The van der Waals surface area contributed by atoms with Gasteiger partial charge in [-0.25, -0.2) is 0 Å². The number of hydrogen-bond acceptors (Lipinski definition) is 2. The summed E-state index contributed by atoms with van der Waals surface area (Å²) in [4.78, 5) is 2.39. The van der Waals surface area contributed by atoms with Crippen LogP contribution in [0.1, 0.15) is 31.4 Å². The minimum absolute atomic E-state index is 0.610. The zero-order chi connectivity index (χ0) is 13.5. The lowest BCUT2D eigenvalue weighted by atomic mass is 9.96. The summed E-state index contributed by atoms with van der Waals surface area (Å²) < 4.78 is 0. The lowest BCUT2D eigenvalue weighted by Crippen LogP contribution is -2.30. The molecule has 2 nitrogen and oxygen atoms in total. The number of aryl methyl sites for hydroxylation is 1. The molecule has 1 aromatic rings. The molecule has 0 amide bonds. The zero-order valence-electron chi connectivity index (χ0n) is 12.3. The number of nitrogens with two attached hydrogens (primary N) is 1. The topological polar surface area (TPSA) is 29.3 Å². The smallest absolute Gasteiger partial charge is 0.0233 e. The molecule has 0 fully saturated rings. The SMILES string of the molecule is Cc1ccccc1CN(C)CC(CN)CC(C)C. The van der Waals surface area contributed by atoms with Crippen molar-refractivity contribution < 1.29 is 0 Å². The largest absolute Gasteiger partial charge is 0.330 e. The molecule has 0 saturated heterocycles. The number of rotatable bonds is 7. The van der Waals surface area contributed by atoms with Crippen LogP contribution < -0.4 is 5.73 Å². The number of nitrogens with zero attached hydrogens (tertiary/aromatic N) is 1. The summed E-state index contributed by atoms with van der Waals surface area (Å²) in [5.74, 6) is 1.34. The van der Waals surface area contributed by atoms with E-state index in [9.17, 15) is 0 Å². The van der Waals surface area contributed by atoms with Gasteiger partial charge in [-0.2, -0.15) is 0 Å². The predicted molar refractivity (Wildman–Crippen MR) is 79.5 cm³/mol. The molecular formula is C16H28N2. The fourth-order valence-corrected chi connectivity index (χ4v) is 2.50. The van der Waals surface area contributed by atoms with Crippen molar-refractivity contribution in [2.24, 2.45) is 17.6 Å². The third kappa shape index (κ3) is 5.19. The molecule has 0 spiro atoms. The van der Waals surface area contributed by atoms with Crippen LogP contribution in [0.25, 0.3) is 0 Å². The molecule has 1 aromatic carbocycles. The maximum Gasteiger partial charge on any atom is 0.0233 e. The monoisotopic (exact) mass is 248 g/mol. The minimum atomic E-state index is 0.610. The molecular weight excluding hydrogens is 220 g/mol. The molecule has 102 valence electrons. The lowest BCUT2D eigenvalue weighted by molar-refractivity contribution is 0.249. The van der Waals surface area contributed by atoms with Gasteiger partial charge in [-0.15, -0.1) is 0 Å². The van der Waals surface area contributed by atoms with E-state index in [0.717, 1.165) is 25.6 Å². The van der Waals surface area contributed by atoms with Crippen molar-refractivity contribution in [3.05, 3.63) is 35.4 Å². The fourth-order valence-electron chi connectivity index (χ4n) is 2.50. The van der Waals surface area contributed by atoms with Gasteiger partial charge >= 0.3 is 0 Å². The van der Waals surface area contributed by atoms with Gasteiger partial charge < -0.3 is 10.6 Å². The Morgan fingerprint density at radius 2 is 1.89 bits per heavy atom. The van der Waals surface area contributed by atoms with Gasteiger partial charge in [0.1, 0.15) is 0 Å². The average molecular weight is 248 g/mol. The molecule has 18 heavy (non-hydrogen) atoms. The Balaban J connectivity index is 2.50. The van der Waals surface area contributed by atoms with Gasteiger partial charge in [0.15, 0.2) is 0 Å². The van der Waals surface area contributed by atoms with E-state index in [-0.39, 0.29) is 0 Å². The molecule has 2 heteroatoms. The third-order valence-corrected chi connectivity index (χ3v) is 3.41. The molecule has 0 aliphatic carbocycles. The van der Waals surface area contributed by atoms with Crippen molar-refractivity contribution in [2.75, 3.05) is 20.1 Å². The Morgan fingerprint density at radius 3 is 2.44 bits per heavy atom. The Kier molecular flexibility index (Phi) is 6.37. The van der Waals surface area contributed by atoms with Crippen LogP contribution in [0.4, 0.5) is 0 Å². The number of hydrogen-bond donors (Lipinski definition) is 1. The summed E-state index contributed by atoms with van der Waals surface area (Å²) in [6.45, 7) is 9.60. The molecule has 0 aliphatic rings. The quantitative estimate of drug-likeness (QED) is 0.803. The highest BCUT2D eigenvalue weighted by molar-refractivity contribution is 5.25. The van der Waals surface area contributed by atoms with Crippen LogP contribution in [-0.4, -0.2) is 25.0 Å². The first-order valence-electron chi connectivity index (χ1n) is 6.96. The van der Waals surface area contributed by atoms with Crippen molar-refractivity contribution in [3.63, 3.8) is 0 Å². The Bertz CT molecular complexity index is 347. The Hall–Kier alpha value is -0.860. The van der Waals surface area contributed by atoms with E-state index < -0.39 is 0 Å². The van der Waals surface area contributed by atoms with Gasteiger partial charge in [0.25, 0.3) is 0 Å². The summed E-state index contributed by atoms with van der Waals surface area (Å²) in [6.07, 6.45) is 1.22. The molecule has 0 saturated carbocycles. The van der Waals surface area contributed by atoms with Gasteiger partial charge in [0, 0.05) is 13.1 Å². The highest BCUT2D eigenvalue weighted by atomic mass is 15.1. The van der Waals surface area contributed by atoms with Crippen molar-refractivity contribution in [3.8, 4) is 0 Å². The standard InChI is InChI=1S/C16H28N2/c1-13(2)9-15(10-17)11-18(4)12-16-8-6-5-7-14(16)3/h5-8,13,15H,9-12,17H2,1-4H3. The van der Waals surface area contributed by atoms with E-state index in [1.807, 2.05) is 0 Å². The molecule has 0 heterocycles.